The summed E-state index contributed by atoms with van der Waals surface area (Å²) in [7, 11) is 0. The molecule has 0 fully saturated rings. The van der Waals surface area contributed by atoms with Crippen molar-refractivity contribution in [1.29, 1.82) is 0 Å². The molecule has 0 amide bonds. The average molecular weight is 428 g/mol. The zero-order valence-electron chi connectivity index (χ0n) is 14.2. The Morgan fingerprint density at radius 1 is 1.11 bits per heavy atom. The quantitative estimate of drug-likeness (QED) is 0.235. The number of anilines is 1. The van der Waals surface area contributed by atoms with Crippen LogP contribution in [0, 0.1) is 11.6 Å². The second-order valence-corrected chi connectivity index (χ2v) is 6.27. The second-order valence-electron chi connectivity index (χ2n) is 5.49. The molecule has 144 valence electrons. The maximum Gasteiger partial charge on any atom is 1.00 e. The van der Waals surface area contributed by atoms with Crippen LogP contribution >= 0.6 is 12.0 Å². The van der Waals surface area contributed by atoms with E-state index < -0.39 is 36.0 Å². The summed E-state index contributed by atoms with van der Waals surface area (Å²) < 4.78 is 70.8. The molecule has 0 radical (unpaired) electrons. The van der Waals surface area contributed by atoms with E-state index in [-0.39, 0.29) is 35.2 Å². The molecule has 1 atom stereocenters. The van der Waals surface area contributed by atoms with E-state index in [4.69, 9.17) is 0 Å². The third-order valence-electron chi connectivity index (χ3n) is 3.82. The first-order valence-corrected chi connectivity index (χ1v) is 8.16. The minimum absolute atomic E-state index is 0. The van der Waals surface area contributed by atoms with Gasteiger partial charge in [-0.25, -0.2) is 8.78 Å². The van der Waals surface area contributed by atoms with Crippen molar-refractivity contribution in [3.63, 3.8) is 0 Å². The van der Waals surface area contributed by atoms with Gasteiger partial charge in [-0.05, 0) is 29.8 Å². The number of alkyl halides is 3. The summed E-state index contributed by atoms with van der Waals surface area (Å²) in [4.78, 5) is 0.462. The number of rotatable bonds is 5. The van der Waals surface area contributed by atoms with E-state index in [1.807, 2.05) is 0 Å². The Hall–Kier alpha value is -1.21. The summed E-state index contributed by atoms with van der Waals surface area (Å²) >= 11 is 0.619. The van der Waals surface area contributed by atoms with Crippen molar-refractivity contribution >= 4 is 23.4 Å². The standard InChI is InChI=1S/C16H11F5N2O3S.Na/c17-10-3-6-13(12(18)7-10)23-14(8-15(22-23)16(19,20)21)9-1-4-11(5-2-9)27-26-25-24;/h1-7,14,24H,8H2;/q;+1/p-1/t14-;/m1./s1. The minimum Gasteiger partial charge on any atom is -0.691 e. The Morgan fingerprint density at radius 2 is 1.79 bits per heavy atom. The van der Waals surface area contributed by atoms with Gasteiger partial charge in [0.1, 0.15) is 11.5 Å². The molecule has 0 saturated carbocycles. The fourth-order valence-corrected chi connectivity index (χ4v) is 2.98. The molecule has 28 heavy (non-hydrogen) atoms. The Kier molecular flexibility index (Phi) is 7.85. The summed E-state index contributed by atoms with van der Waals surface area (Å²) in [5, 5.41) is 17.5. The predicted octanol–water partition coefficient (Wildman–Crippen LogP) is 1.07. The molecule has 0 unspecified atom stereocenters. The predicted molar refractivity (Wildman–Crippen MR) is 84.2 cm³/mol. The monoisotopic (exact) mass is 428 g/mol. The SMILES string of the molecule is [Na+].[O-]OOSc1ccc([C@H]2CC(C(F)(F)F)=NN2c2ccc(F)cc2F)cc1. The molecule has 1 heterocycles. The van der Waals surface area contributed by atoms with E-state index in [9.17, 15) is 27.2 Å². The molecule has 1 aliphatic heterocycles. The molecule has 0 spiro atoms. The Labute approximate surface area is 182 Å². The van der Waals surface area contributed by atoms with Crippen LogP contribution in [0.15, 0.2) is 52.5 Å². The van der Waals surface area contributed by atoms with Gasteiger partial charge in [0, 0.05) is 17.4 Å². The number of nitrogens with zero attached hydrogens (tertiary/aromatic N) is 2. The molecule has 0 N–H and O–H groups in total. The maximum absolute atomic E-state index is 14.1. The number of hydrazone groups is 1. The van der Waals surface area contributed by atoms with Crippen molar-refractivity contribution in [2.24, 2.45) is 5.10 Å². The average Bonchev–Trinajstić information content (AvgIpc) is 3.06. The van der Waals surface area contributed by atoms with Gasteiger partial charge in [-0.1, -0.05) is 12.1 Å². The first-order chi connectivity index (χ1) is 12.8. The van der Waals surface area contributed by atoms with Gasteiger partial charge >= 0.3 is 35.7 Å². The summed E-state index contributed by atoms with van der Waals surface area (Å²) in [5.41, 5.74) is -0.936. The molecule has 5 nitrogen and oxygen atoms in total. The minimum atomic E-state index is -4.68. The van der Waals surface area contributed by atoms with Gasteiger partial charge < -0.3 is 5.26 Å². The molecular formula is C16H10F5N2NaO3S. The summed E-state index contributed by atoms with van der Waals surface area (Å²) in [6, 6.07) is 7.56. The molecule has 0 saturated heterocycles. The van der Waals surface area contributed by atoms with Crippen LogP contribution in [0.1, 0.15) is 18.0 Å². The summed E-state index contributed by atoms with van der Waals surface area (Å²) in [6.45, 7) is 0. The largest absolute Gasteiger partial charge is 1.00 e. The number of halogens is 5. The van der Waals surface area contributed by atoms with Gasteiger partial charge in [-0.15, -0.1) is 0 Å². The molecular weight excluding hydrogens is 418 g/mol. The summed E-state index contributed by atoms with van der Waals surface area (Å²) in [6.07, 6.45) is -5.19. The van der Waals surface area contributed by atoms with Gasteiger partial charge in [0.2, 0.25) is 0 Å². The Balaban J connectivity index is 0.00000280. The molecule has 0 aliphatic carbocycles. The van der Waals surface area contributed by atoms with Crippen LogP contribution < -0.4 is 39.8 Å². The Morgan fingerprint density at radius 3 is 2.36 bits per heavy atom. The van der Waals surface area contributed by atoms with Crippen LogP contribution in [-0.4, -0.2) is 11.9 Å². The van der Waals surface area contributed by atoms with Crippen molar-refractivity contribution in [3.8, 4) is 0 Å². The topological polar surface area (TPSA) is 57.1 Å². The number of hydrogen-bond acceptors (Lipinski definition) is 6. The Bertz CT molecular complexity index is 851. The van der Waals surface area contributed by atoms with Crippen LogP contribution in [0.5, 0.6) is 0 Å². The maximum atomic E-state index is 14.1. The normalized spacial score (nSPS) is 16.7. The van der Waals surface area contributed by atoms with Crippen LogP contribution in [0.4, 0.5) is 27.6 Å². The van der Waals surface area contributed by atoms with E-state index in [2.05, 4.69) is 14.5 Å². The van der Waals surface area contributed by atoms with Crippen molar-refractivity contribution < 1.29 is 66.1 Å². The van der Waals surface area contributed by atoms with Crippen LogP contribution in [-0.2, 0) is 9.37 Å². The van der Waals surface area contributed by atoms with Crippen LogP contribution in [0.3, 0.4) is 0 Å². The smallest absolute Gasteiger partial charge is 0.691 e. The molecule has 2 aromatic carbocycles. The van der Waals surface area contributed by atoms with E-state index in [0.29, 0.717) is 28.6 Å². The van der Waals surface area contributed by atoms with Gasteiger partial charge in [0.15, 0.2) is 5.82 Å². The van der Waals surface area contributed by atoms with Crippen molar-refractivity contribution in [3.05, 3.63) is 59.7 Å². The fourth-order valence-electron chi connectivity index (χ4n) is 2.63. The van der Waals surface area contributed by atoms with Gasteiger partial charge in [0.25, 0.3) is 0 Å². The second kappa shape index (κ2) is 9.53. The van der Waals surface area contributed by atoms with Gasteiger partial charge in [-0.2, -0.15) is 22.6 Å². The molecule has 12 heteroatoms. The fraction of sp³-hybridized carbons (Fsp3) is 0.188. The zero-order chi connectivity index (χ0) is 19.6. The first-order valence-electron chi connectivity index (χ1n) is 7.41. The van der Waals surface area contributed by atoms with E-state index in [0.717, 1.165) is 17.1 Å². The molecule has 3 rings (SSSR count). The van der Waals surface area contributed by atoms with Gasteiger partial charge in [-0.3, -0.25) is 10.0 Å². The first kappa shape index (κ1) is 23.1. The number of hydrogen-bond donors (Lipinski definition) is 0. The van der Waals surface area contributed by atoms with Crippen molar-refractivity contribution in [2.75, 3.05) is 5.01 Å². The molecule has 0 aromatic heterocycles. The third-order valence-corrected chi connectivity index (χ3v) is 4.41. The van der Waals surface area contributed by atoms with Crippen molar-refractivity contribution in [2.45, 2.75) is 23.5 Å². The van der Waals surface area contributed by atoms with E-state index in [1.54, 1.807) is 0 Å². The van der Waals surface area contributed by atoms with E-state index in [1.165, 1.54) is 24.3 Å². The zero-order valence-corrected chi connectivity index (χ0v) is 17.1. The summed E-state index contributed by atoms with van der Waals surface area (Å²) in [5.74, 6) is -1.88. The molecule has 2 aromatic rings. The van der Waals surface area contributed by atoms with Crippen LogP contribution in [0.25, 0.3) is 0 Å². The third kappa shape index (κ3) is 5.23. The molecule has 1 aliphatic rings. The molecule has 0 bridgehead atoms. The van der Waals surface area contributed by atoms with Crippen LogP contribution in [0.2, 0.25) is 0 Å². The number of benzene rings is 2. The van der Waals surface area contributed by atoms with E-state index >= 15 is 0 Å². The van der Waals surface area contributed by atoms with Gasteiger partial charge in [0.05, 0.1) is 23.8 Å². The van der Waals surface area contributed by atoms with Crippen molar-refractivity contribution in [1.82, 2.24) is 0 Å².